The summed E-state index contributed by atoms with van der Waals surface area (Å²) >= 11 is 0. The van der Waals surface area contributed by atoms with Gasteiger partial charge in [0.05, 0.1) is 6.54 Å². The molecule has 0 aliphatic heterocycles. The number of carbonyl (C=O) groups is 1. The summed E-state index contributed by atoms with van der Waals surface area (Å²) in [5, 5.41) is 6.01. The number of nitrogens with one attached hydrogen (secondary N) is 2. The quantitative estimate of drug-likeness (QED) is 0.808. The molecule has 6 nitrogen and oxygen atoms in total. The van der Waals surface area contributed by atoms with E-state index in [4.69, 9.17) is 0 Å². The third kappa shape index (κ3) is 5.11. The smallest absolute Gasteiger partial charge is 0.239 e. The highest BCUT2D eigenvalue weighted by Gasteiger charge is 2.11. The fourth-order valence-electron chi connectivity index (χ4n) is 1.68. The zero-order valence-corrected chi connectivity index (χ0v) is 12.3. The van der Waals surface area contributed by atoms with Crippen LogP contribution in [0.3, 0.4) is 0 Å². The first kappa shape index (κ1) is 15.2. The summed E-state index contributed by atoms with van der Waals surface area (Å²) in [6, 6.07) is 1.99. The minimum absolute atomic E-state index is 0.0150. The van der Waals surface area contributed by atoms with Gasteiger partial charge in [-0.3, -0.25) is 4.79 Å². The van der Waals surface area contributed by atoms with Crippen molar-refractivity contribution >= 4 is 17.5 Å². The Bertz CT molecular complexity index is 433. The monoisotopic (exact) mass is 265 g/mol. The minimum Gasteiger partial charge on any atom is -0.370 e. The maximum absolute atomic E-state index is 11.7. The second kappa shape index (κ2) is 6.92. The molecule has 1 amide bonds. The zero-order valence-electron chi connectivity index (χ0n) is 12.3. The SMILES string of the molecule is CCNc1cc(N(C)CC(=O)NC(C)C)nc(C)n1. The maximum atomic E-state index is 11.7. The van der Waals surface area contributed by atoms with E-state index < -0.39 is 0 Å². The molecule has 19 heavy (non-hydrogen) atoms. The van der Waals surface area contributed by atoms with E-state index >= 15 is 0 Å². The molecule has 2 N–H and O–H groups in total. The lowest BCUT2D eigenvalue weighted by molar-refractivity contribution is -0.120. The summed E-state index contributed by atoms with van der Waals surface area (Å²) in [6.07, 6.45) is 0. The molecule has 0 atom stereocenters. The van der Waals surface area contributed by atoms with Crippen molar-refractivity contribution in [3.05, 3.63) is 11.9 Å². The number of amides is 1. The molecule has 0 fully saturated rings. The van der Waals surface area contributed by atoms with E-state index in [9.17, 15) is 4.79 Å². The summed E-state index contributed by atoms with van der Waals surface area (Å²) in [5.41, 5.74) is 0. The Kier molecular flexibility index (Phi) is 5.54. The lowest BCUT2D eigenvalue weighted by Gasteiger charge is -2.19. The molecule has 0 aliphatic carbocycles. The van der Waals surface area contributed by atoms with E-state index in [0.29, 0.717) is 5.82 Å². The van der Waals surface area contributed by atoms with E-state index in [0.717, 1.165) is 18.2 Å². The lowest BCUT2D eigenvalue weighted by atomic mass is 10.3. The van der Waals surface area contributed by atoms with Crippen molar-refractivity contribution in [3.8, 4) is 0 Å². The van der Waals surface area contributed by atoms with Crippen molar-refractivity contribution in [1.82, 2.24) is 15.3 Å². The van der Waals surface area contributed by atoms with E-state index in [1.54, 1.807) is 0 Å². The number of anilines is 2. The number of hydrogen-bond acceptors (Lipinski definition) is 5. The number of likely N-dealkylation sites (N-methyl/N-ethyl adjacent to an activating group) is 1. The molecule has 0 saturated heterocycles. The van der Waals surface area contributed by atoms with Gasteiger partial charge in [0.25, 0.3) is 0 Å². The van der Waals surface area contributed by atoms with Crippen LogP contribution in [-0.2, 0) is 4.79 Å². The highest BCUT2D eigenvalue weighted by molar-refractivity contribution is 5.81. The Morgan fingerprint density at radius 2 is 2.11 bits per heavy atom. The van der Waals surface area contributed by atoms with Crippen molar-refractivity contribution < 1.29 is 4.79 Å². The Labute approximate surface area is 114 Å². The number of rotatable bonds is 6. The third-order valence-electron chi connectivity index (χ3n) is 2.40. The summed E-state index contributed by atoms with van der Waals surface area (Å²) in [5.74, 6) is 2.19. The molecule has 1 aromatic rings. The van der Waals surface area contributed by atoms with Crippen LogP contribution in [0.4, 0.5) is 11.6 Å². The van der Waals surface area contributed by atoms with Crippen LogP contribution in [0.5, 0.6) is 0 Å². The van der Waals surface area contributed by atoms with Gasteiger partial charge in [0, 0.05) is 25.7 Å². The van der Waals surface area contributed by atoms with Gasteiger partial charge in [0.1, 0.15) is 17.5 Å². The molecule has 0 spiro atoms. The van der Waals surface area contributed by atoms with Crippen LogP contribution in [0, 0.1) is 6.92 Å². The molecule has 1 aromatic heterocycles. The average Bonchev–Trinajstić information content (AvgIpc) is 2.27. The summed E-state index contributed by atoms with van der Waals surface area (Å²) < 4.78 is 0. The standard InChI is InChI=1S/C13H23N5O/c1-6-14-11-7-12(17-10(4)16-11)18(5)8-13(19)15-9(2)3/h7,9H,6,8H2,1-5H3,(H,15,19)(H,14,16,17). The molecular formula is C13H23N5O. The van der Waals surface area contributed by atoms with Crippen LogP contribution in [-0.4, -0.2) is 42.1 Å². The Morgan fingerprint density at radius 1 is 1.42 bits per heavy atom. The maximum Gasteiger partial charge on any atom is 0.239 e. The zero-order chi connectivity index (χ0) is 14.4. The Morgan fingerprint density at radius 3 is 2.68 bits per heavy atom. The second-order valence-electron chi connectivity index (χ2n) is 4.77. The van der Waals surface area contributed by atoms with Gasteiger partial charge in [-0.1, -0.05) is 0 Å². The van der Waals surface area contributed by atoms with E-state index in [1.807, 2.05) is 45.7 Å². The van der Waals surface area contributed by atoms with Gasteiger partial charge in [-0.2, -0.15) is 0 Å². The highest BCUT2D eigenvalue weighted by atomic mass is 16.2. The lowest BCUT2D eigenvalue weighted by Crippen LogP contribution is -2.38. The molecule has 1 heterocycles. The second-order valence-corrected chi connectivity index (χ2v) is 4.77. The molecule has 0 bridgehead atoms. The summed E-state index contributed by atoms with van der Waals surface area (Å²) in [4.78, 5) is 22.2. The summed E-state index contributed by atoms with van der Waals surface area (Å²) in [7, 11) is 1.84. The number of aromatic nitrogens is 2. The molecular weight excluding hydrogens is 242 g/mol. The molecule has 6 heteroatoms. The van der Waals surface area contributed by atoms with Crippen molar-refractivity contribution in [2.45, 2.75) is 33.7 Å². The predicted octanol–water partition coefficient (Wildman–Crippen LogP) is 1.18. The fourth-order valence-corrected chi connectivity index (χ4v) is 1.68. The first-order chi connectivity index (χ1) is 8.92. The Balaban J connectivity index is 2.75. The van der Waals surface area contributed by atoms with Gasteiger partial charge < -0.3 is 15.5 Å². The largest absolute Gasteiger partial charge is 0.370 e. The average molecular weight is 265 g/mol. The Hall–Kier alpha value is -1.85. The number of nitrogens with zero attached hydrogens (tertiary/aromatic N) is 3. The van der Waals surface area contributed by atoms with Gasteiger partial charge in [0.2, 0.25) is 5.91 Å². The van der Waals surface area contributed by atoms with Crippen LogP contribution in [0.2, 0.25) is 0 Å². The molecule has 0 aliphatic rings. The van der Waals surface area contributed by atoms with Crippen LogP contribution in [0.25, 0.3) is 0 Å². The van der Waals surface area contributed by atoms with Crippen molar-refractivity contribution in [2.75, 3.05) is 30.4 Å². The van der Waals surface area contributed by atoms with E-state index in [2.05, 4.69) is 20.6 Å². The first-order valence-corrected chi connectivity index (χ1v) is 6.52. The van der Waals surface area contributed by atoms with Crippen LogP contribution in [0.15, 0.2) is 6.07 Å². The third-order valence-corrected chi connectivity index (χ3v) is 2.40. The first-order valence-electron chi connectivity index (χ1n) is 6.52. The van der Waals surface area contributed by atoms with Gasteiger partial charge in [-0.15, -0.1) is 0 Å². The number of hydrogen-bond donors (Lipinski definition) is 2. The van der Waals surface area contributed by atoms with Crippen LogP contribution < -0.4 is 15.5 Å². The minimum atomic E-state index is -0.0150. The predicted molar refractivity (Wildman–Crippen MR) is 77.5 cm³/mol. The number of aryl methyl sites for hydroxylation is 1. The molecule has 0 radical (unpaired) electrons. The van der Waals surface area contributed by atoms with Gasteiger partial charge in [-0.05, 0) is 27.7 Å². The van der Waals surface area contributed by atoms with Crippen molar-refractivity contribution in [2.24, 2.45) is 0 Å². The molecule has 0 aromatic carbocycles. The van der Waals surface area contributed by atoms with Crippen molar-refractivity contribution in [1.29, 1.82) is 0 Å². The molecule has 0 unspecified atom stereocenters. The topological polar surface area (TPSA) is 70.2 Å². The van der Waals surface area contributed by atoms with Crippen LogP contribution in [0.1, 0.15) is 26.6 Å². The highest BCUT2D eigenvalue weighted by Crippen LogP contribution is 2.14. The molecule has 106 valence electrons. The molecule has 1 rings (SSSR count). The van der Waals surface area contributed by atoms with Gasteiger partial charge in [-0.25, -0.2) is 9.97 Å². The van der Waals surface area contributed by atoms with Crippen molar-refractivity contribution in [3.63, 3.8) is 0 Å². The molecule has 0 saturated carbocycles. The van der Waals surface area contributed by atoms with Gasteiger partial charge >= 0.3 is 0 Å². The normalized spacial score (nSPS) is 10.4. The van der Waals surface area contributed by atoms with E-state index in [-0.39, 0.29) is 18.5 Å². The summed E-state index contributed by atoms with van der Waals surface area (Å²) in [6.45, 7) is 8.81. The van der Waals surface area contributed by atoms with Gasteiger partial charge in [0.15, 0.2) is 0 Å². The van der Waals surface area contributed by atoms with Crippen LogP contribution >= 0.6 is 0 Å². The number of carbonyl (C=O) groups excluding carboxylic acids is 1. The van der Waals surface area contributed by atoms with E-state index in [1.165, 1.54) is 0 Å². The fraction of sp³-hybridized carbons (Fsp3) is 0.615.